The highest BCUT2D eigenvalue weighted by Gasteiger charge is 2.18. The first-order valence-corrected chi connectivity index (χ1v) is 6.25. The molecule has 2 heterocycles. The second-order valence-electron chi connectivity index (χ2n) is 4.68. The first-order chi connectivity index (χ1) is 8.66. The zero-order valence-corrected chi connectivity index (χ0v) is 10.5. The minimum atomic E-state index is -0.453. The first kappa shape index (κ1) is 12.8. The van der Waals surface area contributed by atoms with E-state index in [1.54, 1.807) is 12.1 Å². The summed E-state index contributed by atoms with van der Waals surface area (Å²) in [7, 11) is 0. The van der Waals surface area contributed by atoms with Crippen LogP contribution in [-0.4, -0.2) is 40.5 Å². The van der Waals surface area contributed by atoms with Crippen LogP contribution in [0.1, 0.15) is 19.8 Å². The summed E-state index contributed by atoms with van der Waals surface area (Å²) in [6, 6.07) is 3.58. The number of aromatic nitrogens is 1. The molecule has 1 aromatic rings. The lowest BCUT2D eigenvalue weighted by atomic mass is 10.3. The molecule has 1 aliphatic heterocycles. The molecule has 1 aromatic heterocycles. The van der Waals surface area contributed by atoms with Gasteiger partial charge in [0, 0.05) is 12.6 Å². The number of nitrogens with zero attached hydrogens (tertiary/aromatic N) is 3. The van der Waals surface area contributed by atoms with Crippen molar-refractivity contribution in [1.82, 2.24) is 9.88 Å². The first-order valence-electron chi connectivity index (χ1n) is 6.25. The molecule has 0 bridgehead atoms. The molecule has 0 saturated carbocycles. The molecule has 1 unspecified atom stereocenters. The molecule has 1 atom stereocenters. The van der Waals surface area contributed by atoms with Crippen LogP contribution in [0.3, 0.4) is 0 Å². The average Bonchev–Trinajstić information content (AvgIpc) is 2.82. The van der Waals surface area contributed by atoms with Gasteiger partial charge in [0.05, 0.1) is 0 Å². The maximum Gasteiger partial charge on any atom is 0.386 e. The van der Waals surface area contributed by atoms with E-state index in [4.69, 9.17) is 0 Å². The van der Waals surface area contributed by atoms with Gasteiger partial charge >= 0.3 is 5.82 Å². The minimum Gasteiger partial charge on any atom is -0.374 e. The molecule has 1 aliphatic rings. The molecule has 1 N–H and O–H groups in total. The van der Waals surface area contributed by atoms with E-state index >= 15 is 0 Å². The third-order valence-electron chi connectivity index (χ3n) is 3.09. The van der Waals surface area contributed by atoms with E-state index in [2.05, 4.69) is 15.2 Å². The smallest absolute Gasteiger partial charge is 0.374 e. The van der Waals surface area contributed by atoms with E-state index in [9.17, 15) is 10.1 Å². The third kappa shape index (κ3) is 3.16. The molecule has 98 valence electrons. The van der Waals surface area contributed by atoms with Crippen LogP contribution >= 0.6 is 0 Å². The SMILES string of the molecule is CC(CN1CCCC1)Nc1cccnc1[N+](=O)[O-]. The Morgan fingerprint density at radius 2 is 2.28 bits per heavy atom. The summed E-state index contributed by atoms with van der Waals surface area (Å²) in [5.41, 5.74) is 0.495. The fraction of sp³-hybridized carbons (Fsp3) is 0.583. The molecule has 6 nitrogen and oxygen atoms in total. The number of rotatable bonds is 5. The summed E-state index contributed by atoms with van der Waals surface area (Å²) < 4.78 is 0. The van der Waals surface area contributed by atoms with Gasteiger partial charge in [0.1, 0.15) is 11.9 Å². The Hall–Kier alpha value is -1.69. The minimum absolute atomic E-state index is 0.106. The van der Waals surface area contributed by atoms with Crippen LogP contribution in [0.4, 0.5) is 11.5 Å². The Morgan fingerprint density at radius 1 is 1.56 bits per heavy atom. The summed E-state index contributed by atoms with van der Waals surface area (Å²) in [6.45, 7) is 5.20. The fourth-order valence-corrected chi connectivity index (χ4v) is 2.32. The number of hydrogen-bond donors (Lipinski definition) is 1. The molecule has 0 spiro atoms. The standard InChI is InChI=1S/C12H18N4O2/c1-10(9-15-7-2-3-8-15)14-11-5-4-6-13-12(11)16(17)18/h4-6,10,14H,2-3,7-9H2,1H3. The monoisotopic (exact) mass is 250 g/mol. The third-order valence-corrected chi connectivity index (χ3v) is 3.09. The van der Waals surface area contributed by atoms with Gasteiger partial charge in [-0.1, -0.05) is 0 Å². The van der Waals surface area contributed by atoms with Crippen molar-refractivity contribution in [1.29, 1.82) is 0 Å². The quantitative estimate of drug-likeness (QED) is 0.638. The van der Waals surface area contributed by atoms with Crippen LogP contribution in [-0.2, 0) is 0 Å². The van der Waals surface area contributed by atoms with Gasteiger partial charge in [-0.15, -0.1) is 0 Å². The molecule has 1 fully saturated rings. The second kappa shape index (κ2) is 5.77. The Morgan fingerprint density at radius 3 is 2.94 bits per heavy atom. The molecule has 18 heavy (non-hydrogen) atoms. The molecule has 2 rings (SSSR count). The van der Waals surface area contributed by atoms with Gasteiger partial charge in [0.15, 0.2) is 0 Å². The molecule has 1 saturated heterocycles. The predicted octanol–water partition coefficient (Wildman–Crippen LogP) is 1.89. The summed E-state index contributed by atoms with van der Waals surface area (Å²) in [6.07, 6.45) is 3.94. The molecular formula is C12H18N4O2. The normalized spacial score (nSPS) is 17.6. The van der Waals surface area contributed by atoms with Crippen molar-refractivity contribution in [3.8, 4) is 0 Å². The number of likely N-dealkylation sites (tertiary alicyclic amines) is 1. The fourth-order valence-electron chi connectivity index (χ4n) is 2.32. The highest BCUT2D eigenvalue weighted by Crippen LogP contribution is 2.21. The zero-order chi connectivity index (χ0) is 13.0. The maximum atomic E-state index is 10.8. The van der Waals surface area contributed by atoms with Gasteiger partial charge in [-0.25, -0.2) is 0 Å². The van der Waals surface area contributed by atoms with E-state index < -0.39 is 4.92 Å². The van der Waals surface area contributed by atoms with E-state index in [1.165, 1.54) is 19.0 Å². The van der Waals surface area contributed by atoms with Crippen molar-refractivity contribution in [2.75, 3.05) is 25.0 Å². The van der Waals surface area contributed by atoms with Crippen LogP contribution in [0.15, 0.2) is 18.3 Å². The largest absolute Gasteiger partial charge is 0.386 e. The summed E-state index contributed by atoms with van der Waals surface area (Å²) in [5.74, 6) is -0.106. The van der Waals surface area contributed by atoms with E-state index in [1.807, 2.05) is 6.92 Å². The summed E-state index contributed by atoms with van der Waals surface area (Å²) in [4.78, 5) is 16.5. The van der Waals surface area contributed by atoms with Crippen LogP contribution < -0.4 is 5.32 Å². The van der Waals surface area contributed by atoms with Crippen LogP contribution in [0.25, 0.3) is 0 Å². The number of hydrogen-bond acceptors (Lipinski definition) is 5. The van der Waals surface area contributed by atoms with Crippen LogP contribution in [0.5, 0.6) is 0 Å². The van der Waals surface area contributed by atoms with E-state index in [0.717, 1.165) is 19.6 Å². The Kier molecular flexibility index (Phi) is 4.09. The van der Waals surface area contributed by atoms with Crippen molar-refractivity contribution in [2.24, 2.45) is 0 Å². The molecule has 0 amide bonds. The molecule has 0 radical (unpaired) electrons. The highest BCUT2D eigenvalue weighted by molar-refractivity contribution is 5.57. The van der Waals surface area contributed by atoms with Crippen molar-refractivity contribution in [2.45, 2.75) is 25.8 Å². The van der Waals surface area contributed by atoms with Gasteiger partial charge < -0.3 is 20.3 Å². The molecule has 0 aromatic carbocycles. The summed E-state index contributed by atoms with van der Waals surface area (Å²) >= 11 is 0. The number of pyridine rings is 1. The Balaban J connectivity index is 1.97. The Labute approximate surface area is 106 Å². The van der Waals surface area contributed by atoms with Crippen molar-refractivity contribution >= 4 is 11.5 Å². The second-order valence-corrected chi connectivity index (χ2v) is 4.68. The zero-order valence-electron chi connectivity index (χ0n) is 10.5. The van der Waals surface area contributed by atoms with Crippen molar-refractivity contribution < 1.29 is 4.92 Å². The topological polar surface area (TPSA) is 71.3 Å². The molecular weight excluding hydrogens is 232 g/mol. The molecule has 0 aliphatic carbocycles. The Bertz CT molecular complexity index is 418. The van der Waals surface area contributed by atoms with Gasteiger partial charge in [-0.3, -0.25) is 0 Å². The van der Waals surface area contributed by atoms with Crippen LogP contribution in [0.2, 0.25) is 0 Å². The lowest BCUT2D eigenvalue weighted by Gasteiger charge is -2.21. The number of nitrogens with one attached hydrogen (secondary N) is 1. The van der Waals surface area contributed by atoms with Gasteiger partial charge in [-0.05, 0) is 54.9 Å². The summed E-state index contributed by atoms with van der Waals surface area (Å²) in [5, 5.41) is 14.0. The average molecular weight is 250 g/mol. The lowest BCUT2D eigenvalue weighted by Crippen LogP contribution is -2.33. The van der Waals surface area contributed by atoms with Crippen molar-refractivity contribution in [3.05, 3.63) is 28.4 Å². The predicted molar refractivity (Wildman–Crippen MR) is 69.7 cm³/mol. The van der Waals surface area contributed by atoms with E-state index in [0.29, 0.717) is 5.69 Å². The number of anilines is 1. The molecule has 6 heteroatoms. The lowest BCUT2D eigenvalue weighted by molar-refractivity contribution is -0.388. The van der Waals surface area contributed by atoms with Crippen LogP contribution in [0, 0.1) is 10.1 Å². The maximum absolute atomic E-state index is 10.8. The van der Waals surface area contributed by atoms with Gasteiger partial charge in [0.2, 0.25) is 0 Å². The highest BCUT2D eigenvalue weighted by atomic mass is 16.6. The number of nitro groups is 1. The van der Waals surface area contributed by atoms with Gasteiger partial charge in [0.25, 0.3) is 0 Å². The van der Waals surface area contributed by atoms with Gasteiger partial charge in [-0.2, -0.15) is 0 Å². The van der Waals surface area contributed by atoms with E-state index in [-0.39, 0.29) is 11.9 Å². The van der Waals surface area contributed by atoms with Crippen molar-refractivity contribution in [3.63, 3.8) is 0 Å².